The molecule has 0 atom stereocenters. The third kappa shape index (κ3) is 5.00. The normalized spacial score (nSPS) is 11.5. The van der Waals surface area contributed by atoms with Crippen LogP contribution in [0.15, 0.2) is 88.2 Å². The van der Waals surface area contributed by atoms with E-state index in [0.29, 0.717) is 24.0 Å². The molecule has 0 unspecified atom stereocenters. The number of benzene rings is 2. The SMILES string of the molecule is C=CN(/C=N\C)c1ccc(Cn2cc3c(c2N(C)c2ccccc2)c(=O)n(C)c(=O)n3CC(C)C)cc1. The number of hydrogen-bond donors (Lipinski definition) is 0. The maximum atomic E-state index is 13.5. The largest absolute Gasteiger partial charge is 0.331 e. The van der Waals surface area contributed by atoms with Gasteiger partial charge in [-0.2, -0.15) is 0 Å². The highest BCUT2D eigenvalue weighted by Crippen LogP contribution is 2.32. The van der Waals surface area contributed by atoms with E-state index in [1.165, 1.54) is 4.57 Å². The van der Waals surface area contributed by atoms with E-state index in [1.807, 2.05) is 77.6 Å². The first-order valence-electron chi connectivity index (χ1n) is 12.3. The molecule has 0 saturated heterocycles. The van der Waals surface area contributed by atoms with Crippen molar-refractivity contribution >= 4 is 34.4 Å². The summed E-state index contributed by atoms with van der Waals surface area (Å²) in [6.07, 6.45) is 5.34. The fraction of sp³-hybridized carbons (Fsp3) is 0.276. The van der Waals surface area contributed by atoms with Crippen LogP contribution in [0.1, 0.15) is 19.4 Å². The maximum absolute atomic E-state index is 13.5. The van der Waals surface area contributed by atoms with Gasteiger partial charge in [-0.3, -0.25) is 18.9 Å². The minimum absolute atomic E-state index is 0.240. The van der Waals surface area contributed by atoms with E-state index in [1.54, 1.807) is 31.2 Å². The lowest BCUT2D eigenvalue weighted by Crippen LogP contribution is -2.38. The molecule has 4 rings (SSSR count). The van der Waals surface area contributed by atoms with Gasteiger partial charge >= 0.3 is 5.69 Å². The molecular formula is C29H34N6O2. The summed E-state index contributed by atoms with van der Waals surface area (Å²) >= 11 is 0. The second-order valence-corrected chi connectivity index (χ2v) is 9.52. The Balaban J connectivity index is 1.91. The molecule has 192 valence electrons. The zero-order valence-corrected chi connectivity index (χ0v) is 22.1. The van der Waals surface area contributed by atoms with E-state index in [2.05, 4.69) is 30.0 Å². The Labute approximate surface area is 217 Å². The summed E-state index contributed by atoms with van der Waals surface area (Å²) in [5, 5.41) is 0.530. The predicted octanol–water partition coefficient (Wildman–Crippen LogP) is 4.58. The van der Waals surface area contributed by atoms with Gasteiger partial charge in [-0.05, 0) is 35.7 Å². The highest BCUT2D eigenvalue weighted by Gasteiger charge is 2.23. The quantitative estimate of drug-likeness (QED) is 0.250. The zero-order chi connectivity index (χ0) is 26.7. The van der Waals surface area contributed by atoms with Crippen LogP contribution in [0.3, 0.4) is 0 Å². The number of fused-ring (bicyclic) bond motifs is 1. The monoisotopic (exact) mass is 498 g/mol. The van der Waals surface area contributed by atoms with Crippen molar-refractivity contribution in [2.75, 3.05) is 23.9 Å². The highest BCUT2D eigenvalue weighted by atomic mass is 16.2. The Bertz CT molecular complexity index is 1540. The molecule has 0 amide bonds. The lowest BCUT2D eigenvalue weighted by molar-refractivity contribution is 0.502. The van der Waals surface area contributed by atoms with Crippen LogP contribution in [0, 0.1) is 5.92 Å². The molecular weight excluding hydrogens is 464 g/mol. The minimum Gasteiger partial charge on any atom is -0.330 e. The summed E-state index contributed by atoms with van der Waals surface area (Å²) in [6, 6.07) is 18.0. The van der Waals surface area contributed by atoms with Gasteiger partial charge in [0.15, 0.2) is 0 Å². The van der Waals surface area contributed by atoms with Gasteiger partial charge in [-0.15, -0.1) is 0 Å². The Hall–Kier alpha value is -4.33. The van der Waals surface area contributed by atoms with Crippen LogP contribution in [0.5, 0.6) is 0 Å². The van der Waals surface area contributed by atoms with Crippen LogP contribution >= 0.6 is 0 Å². The third-order valence-corrected chi connectivity index (χ3v) is 6.39. The van der Waals surface area contributed by atoms with Gasteiger partial charge in [0.05, 0.1) is 11.9 Å². The van der Waals surface area contributed by atoms with Gasteiger partial charge in [-0.1, -0.05) is 50.8 Å². The molecule has 2 aromatic carbocycles. The Kier molecular flexibility index (Phi) is 7.47. The summed E-state index contributed by atoms with van der Waals surface area (Å²) in [5.74, 6) is 0.985. The first kappa shape index (κ1) is 25.8. The highest BCUT2D eigenvalue weighted by molar-refractivity contribution is 5.93. The molecule has 0 spiro atoms. The topological polar surface area (TPSA) is 67.8 Å². The van der Waals surface area contributed by atoms with Crippen molar-refractivity contribution in [2.24, 2.45) is 18.0 Å². The van der Waals surface area contributed by atoms with Gasteiger partial charge in [0.2, 0.25) is 0 Å². The van der Waals surface area contributed by atoms with Gasteiger partial charge in [-0.25, -0.2) is 4.79 Å². The minimum atomic E-state index is -0.302. The van der Waals surface area contributed by atoms with Crippen LogP contribution < -0.4 is 21.0 Å². The van der Waals surface area contributed by atoms with Gasteiger partial charge < -0.3 is 14.4 Å². The average molecular weight is 499 g/mol. The number of anilines is 3. The molecule has 0 saturated carbocycles. The Morgan fingerprint density at radius 3 is 2.30 bits per heavy atom. The van der Waals surface area contributed by atoms with E-state index in [-0.39, 0.29) is 17.2 Å². The standard InChI is InChI=1S/C29H34N6O2/c1-7-33(20-30-4)24-15-13-22(14-16-24)18-34-19-25-26(27(34)31(5)23-11-9-8-10-12-23)28(36)32(6)29(37)35(25)17-21(2)3/h7-16,19-21H,1,17-18H2,2-6H3/b30-20-. The van der Waals surface area contributed by atoms with Crippen molar-refractivity contribution in [3.63, 3.8) is 0 Å². The molecule has 4 aromatic rings. The summed E-state index contributed by atoms with van der Waals surface area (Å²) in [5.41, 5.74) is 2.99. The van der Waals surface area contributed by atoms with Crippen molar-refractivity contribution in [3.8, 4) is 0 Å². The summed E-state index contributed by atoms with van der Waals surface area (Å²) in [4.78, 5) is 34.6. The number of nitrogens with zero attached hydrogens (tertiary/aromatic N) is 6. The van der Waals surface area contributed by atoms with Gasteiger partial charge in [0.1, 0.15) is 11.2 Å². The number of aromatic nitrogens is 3. The molecule has 0 aliphatic rings. The molecule has 8 heteroatoms. The molecule has 8 nitrogen and oxygen atoms in total. The molecule has 37 heavy (non-hydrogen) atoms. The average Bonchev–Trinajstić information content (AvgIpc) is 3.27. The van der Waals surface area contributed by atoms with Crippen molar-refractivity contribution in [1.29, 1.82) is 0 Å². The van der Waals surface area contributed by atoms with Gasteiger partial charge in [0.25, 0.3) is 5.56 Å². The smallest absolute Gasteiger partial charge is 0.330 e. The summed E-state index contributed by atoms with van der Waals surface area (Å²) < 4.78 is 4.99. The number of hydrogen-bond acceptors (Lipinski definition) is 4. The van der Waals surface area contributed by atoms with Crippen molar-refractivity contribution < 1.29 is 0 Å². The van der Waals surface area contributed by atoms with E-state index in [9.17, 15) is 9.59 Å². The van der Waals surface area contributed by atoms with Crippen molar-refractivity contribution in [3.05, 3.63) is 100.0 Å². The molecule has 0 aliphatic heterocycles. The number of para-hydroxylation sites is 1. The Morgan fingerprint density at radius 1 is 1.03 bits per heavy atom. The van der Waals surface area contributed by atoms with Crippen LogP contribution in [0.4, 0.5) is 17.2 Å². The number of rotatable bonds is 9. The third-order valence-electron chi connectivity index (χ3n) is 6.39. The van der Waals surface area contributed by atoms with Gasteiger partial charge in [0, 0.05) is 58.0 Å². The molecule has 0 radical (unpaired) electrons. The zero-order valence-electron chi connectivity index (χ0n) is 22.1. The maximum Gasteiger partial charge on any atom is 0.331 e. The van der Waals surface area contributed by atoms with E-state index in [4.69, 9.17) is 0 Å². The lowest BCUT2D eigenvalue weighted by Gasteiger charge is -2.22. The van der Waals surface area contributed by atoms with Crippen LogP contribution in [-0.4, -0.2) is 34.1 Å². The molecule has 0 N–H and O–H groups in total. The second-order valence-electron chi connectivity index (χ2n) is 9.52. The summed E-state index contributed by atoms with van der Waals surface area (Å²) in [6.45, 7) is 9.02. The number of aliphatic imine (C=N–C) groups is 1. The summed E-state index contributed by atoms with van der Waals surface area (Å²) in [7, 11) is 5.22. The van der Waals surface area contributed by atoms with E-state index >= 15 is 0 Å². The first-order valence-corrected chi connectivity index (χ1v) is 12.3. The predicted molar refractivity (Wildman–Crippen MR) is 153 cm³/mol. The lowest BCUT2D eigenvalue weighted by atomic mass is 10.2. The van der Waals surface area contributed by atoms with Crippen molar-refractivity contribution in [1.82, 2.24) is 13.7 Å². The molecule has 0 fully saturated rings. The fourth-order valence-corrected chi connectivity index (χ4v) is 4.59. The molecule has 2 heterocycles. The van der Waals surface area contributed by atoms with E-state index in [0.717, 1.165) is 22.8 Å². The van der Waals surface area contributed by atoms with Crippen LogP contribution in [-0.2, 0) is 20.1 Å². The van der Waals surface area contributed by atoms with Crippen molar-refractivity contribution in [2.45, 2.75) is 26.9 Å². The van der Waals surface area contributed by atoms with E-state index < -0.39 is 0 Å². The molecule has 0 aliphatic carbocycles. The first-order chi connectivity index (χ1) is 17.8. The second kappa shape index (κ2) is 10.7. The fourth-order valence-electron chi connectivity index (χ4n) is 4.59. The molecule has 0 bridgehead atoms. The van der Waals surface area contributed by atoms with Crippen LogP contribution in [0.25, 0.3) is 10.9 Å². The van der Waals surface area contributed by atoms with Crippen LogP contribution in [0.2, 0.25) is 0 Å². The Morgan fingerprint density at radius 2 is 1.70 bits per heavy atom. The molecule has 2 aromatic heterocycles.